The highest BCUT2D eigenvalue weighted by molar-refractivity contribution is 6.40. The molecule has 2 unspecified atom stereocenters. The molecule has 2 atom stereocenters. The van der Waals surface area contributed by atoms with E-state index >= 15 is 0 Å². The molecule has 0 spiro atoms. The van der Waals surface area contributed by atoms with Gasteiger partial charge in [0.1, 0.15) is 17.5 Å². The summed E-state index contributed by atoms with van der Waals surface area (Å²) in [4.78, 5) is 25.3. The minimum atomic E-state index is -0.714. The molecule has 0 bridgehead atoms. The van der Waals surface area contributed by atoms with Gasteiger partial charge < -0.3 is 15.8 Å². The zero-order chi connectivity index (χ0) is 22.5. The van der Waals surface area contributed by atoms with Gasteiger partial charge in [-0.15, -0.1) is 0 Å². The van der Waals surface area contributed by atoms with Gasteiger partial charge in [0.15, 0.2) is 0 Å². The average Bonchev–Trinajstić information content (AvgIpc) is 3.30. The summed E-state index contributed by atoms with van der Waals surface area (Å²) in [7, 11) is 1.61. The summed E-state index contributed by atoms with van der Waals surface area (Å²) < 4.78 is 5.25. The molecule has 0 fully saturated rings. The third-order valence-corrected chi connectivity index (χ3v) is 5.38. The van der Waals surface area contributed by atoms with Gasteiger partial charge in [0.05, 0.1) is 18.8 Å². The maximum Gasteiger partial charge on any atom is 0.268 e. The number of benzene rings is 3. The van der Waals surface area contributed by atoms with Crippen LogP contribution >= 0.6 is 0 Å². The summed E-state index contributed by atoms with van der Waals surface area (Å²) in [6.45, 7) is 0. The second-order valence-corrected chi connectivity index (χ2v) is 7.44. The largest absolute Gasteiger partial charge is 0.497 e. The first-order valence-electron chi connectivity index (χ1n) is 10.3. The van der Waals surface area contributed by atoms with E-state index in [4.69, 9.17) is 10.5 Å². The Bertz CT molecular complexity index is 1110. The van der Waals surface area contributed by atoms with Crippen molar-refractivity contribution in [2.75, 3.05) is 12.1 Å². The summed E-state index contributed by atoms with van der Waals surface area (Å²) in [5, 5.41) is 9.03. The van der Waals surface area contributed by atoms with Gasteiger partial charge in [0.2, 0.25) is 5.91 Å². The predicted molar refractivity (Wildman–Crippen MR) is 123 cm³/mol. The SMILES string of the molecule is COc1ccc(C(NC(=O)C2=NN(c3ccccc3)C(C(N)=O)C2)c2ccccc2)cc1. The Morgan fingerprint density at radius 3 is 2.16 bits per heavy atom. The van der Waals surface area contributed by atoms with Crippen molar-refractivity contribution in [3.8, 4) is 5.75 Å². The van der Waals surface area contributed by atoms with Crippen molar-refractivity contribution in [3.63, 3.8) is 0 Å². The van der Waals surface area contributed by atoms with Gasteiger partial charge in [-0.3, -0.25) is 14.6 Å². The van der Waals surface area contributed by atoms with Crippen molar-refractivity contribution >= 4 is 23.2 Å². The van der Waals surface area contributed by atoms with E-state index in [1.807, 2.05) is 84.9 Å². The number of nitrogens with zero attached hydrogens (tertiary/aromatic N) is 2. The van der Waals surface area contributed by atoms with Crippen LogP contribution in [0.5, 0.6) is 5.75 Å². The number of carbonyl (C=O) groups excluding carboxylic acids is 2. The average molecular weight is 428 g/mol. The molecule has 0 saturated heterocycles. The van der Waals surface area contributed by atoms with E-state index < -0.39 is 18.0 Å². The van der Waals surface area contributed by atoms with Gasteiger partial charge in [-0.25, -0.2) is 0 Å². The number of hydrazone groups is 1. The number of primary amides is 1. The fraction of sp³-hybridized carbons (Fsp3) is 0.160. The minimum Gasteiger partial charge on any atom is -0.497 e. The van der Waals surface area contributed by atoms with Gasteiger partial charge in [0.25, 0.3) is 5.91 Å². The number of hydrogen-bond acceptors (Lipinski definition) is 5. The molecule has 7 nitrogen and oxygen atoms in total. The molecular weight excluding hydrogens is 404 g/mol. The molecule has 0 aliphatic carbocycles. The minimum absolute atomic E-state index is 0.139. The number of amides is 2. The number of anilines is 1. The Morgan fingerprint density at radius 1 is 0.969 bits per heavy atom. The molecule has 1 aliphatic heterocycles. The van der Waals surface area contributed by atoms with Crippen molar-refractivity contribution in [1.29, 1.82) is 0 Å². The van der Waals surface area contributed by atoms with Crippen molar-refractivity contribution in [3.05, 3.63) is 96.1 Å². The Hall–Kier alpha value is -4.13. The molecule has 4 rings (SSSR count). The van der Waals surface area contributed by atoms with Crippen LogP contribution in [-0.2, 0) is 9.59 Å². The van der Waals surface area contributed by atoms with E-state index in [0.29, 0.717) is 5.69 Å². The maximum absolute atomic E-state index is 13.2. The molecule has 0 radical (unpaired) electrons. The molecule has 1 aliphatic rings. The lowest BCUT2D eigenvalue weighted by Crippen LogP contribution is -2.40. The van der Waals surface area contributed by atoms with Crippen LogP contribution in [0.3, 0.4) is 0 Å². The monoisotopic (exact) mass is 428 g/mol. The number of rotatable bonds is 7. The first-order valence-corrected chi connectivity index (χ1v) is 10.3. The van der Waals surface area contributed by atoms with Crippen LogP contribution < -0.4 is 20.8 Å². The molecule has 3 aromatic carbocycles. The fourth-order valence-electron chi connectivity index (χ4n) is 3.70. The van der Waals surface area contributed by atoms with E-state index in [9.17, 15) is 9.59 Å². The lowest BCUT2D eigenvalue weighted by molar-refractivity contribution is -0.119. The van der Waals surface area contributed by atoms with E-state index in [0.717, 1.165) is 16.9 Å². The Labute approximate surface area is 186 Å². The topological polar surface area (TPSA) is 97.0 Å². The highest BCUT2D eigenvalue weighted by Crippen LogP contribution is 2.27. The standard InChI is InChI=1S/C25H24N4O3/c1-32-20-14-12-18(13-15-20)23(17-8-4-2-5-9-17)27-25(31)21-16-22(24(26)30)29(28-21)19-10-6-3-7-11-19/h2-15,22-23H,16H2,1H3,(H2,26,30)(H,27,31). The Balaban J connectivity index is 1.62. The second kappa shape index (κ2) is 9.34. The van der Waals surface area contributed by atoms with E-state index in [2.05, 4.69) is 10.4 Å². The van der Waals surface area contributed by atoms with E-state index in [1.54, 1.807) is 7.11 Å². The lowest BCUT2D eigenvalue weighted by atomic mass is 9.98. The first kappa shape index (κ1) is 21.1. The van der Waals surface area contributed by atoms with Gasteiger partial charge in [-0.1, -0.05) is 60.7 Å². The zero-order valence-corrected chi connectivity index (χ0v) is 17.6. The molecule has 3 N–H and O–H groups in total. The Morgan fingerprint density at radius 2 is 1.56 bits per heavy atom. The van der Waals surface area contributed by atoms with Gasteiger partial charge in [-0.05, 0) is 35.4 Å². The molecular formula is C25H24N4O3. The summed E-state index contributed by atoms with van der Waals surface area (Å²) in [5.74, 6) is -0.149. The molecule has 3 aromatic rings. The van der Waals surface area contributed by atoms with Crippen molar-refractivity contribution < 1.29 is 14.3 Å². The number of methoxy groups -OCH3 is 1. The van der Waals surface area contributed by atoms with Crippen molar-refractivity contribution in [1.82, 2.24) is 5.32 Å². The molecule has 0 saturated carbocycles. The fourth-order valence-corrected chi connectivity index (χ4v) is 3.70. The summed E-state index contributed by atoms with van der Waals surface area (Å²) >= 11 is 0. The van der Waals surface area contributed by atoms with Crippen LogP contribution in [0.15, 0.2) is 90.0 Å². The smallest absolute Gasteiger partial charge is 0.268 e. The zero-order valence-electron chi connectivity index (χ0n) is 17.6. The van der Waals surface area contributed by atoms with Crippen LogP contribution in [0.2, 0.25) is 0 Å². The number of nitrogens with one attached hydrogen (secondary N) is 1. The third-order valence-electron chi connectivity index (χ3n) is 5.38. The summed E-state index contributed by atoms with van der Waals surface area (Å²) in [5.41, 5.74) is 8.39. The van der Waals surface area contributed by atoms with Gasteiger partial charge >= 0.3 is 0 Å². The summed E-state index contributed by atoms with van der Waals surface area (Å²) in [6, 6.07) is 25.3. The number of carbonyl (C=O) groups is 2. The van der Waals surface area contributed by atoms with Gasteiger partial charge in [-0.2, -0.15) is 5.10 Å². The predicted octanol–water partition coefficient (Wildman–Crippen LogP) is 3.02. The number of hydrogen-bond donors (Lipinski definition) is 2. The molecule has 0 aromatic heterocycles. The van der Waals surface area contributed by atoms with Crippen LogP contribution in [0.25, 0.3) is 0 Å². The maximum atomic E-state index is 13.2. The molecule has 32 heavy (non-hydrogen) atoms. The highest BCUT2D eigenvalue weighted by atomic mass is 16.5. The lowest BCUT2D eigenvalue weighted by Gasteiger charge is -2.20. The van der Waals surface area contributed by atoms with Crippen LogP contribution in [0, 0.1) is 0 Å². The number of para-hydroxylation sites is 1. The van der Waals surface area contributed by atoms with E-state index in [-0.39, 0.29) is 18.0 Å². The van der Waals surface area contributed by atoms with Crippen molar-refractivity contribution in [2.45, 2.75) is 18.5 Å². The Kier molecular flexibility index (Phi) is 6.17. The number of ether oxygens (including phenoxy) is 1. The molecule has 1 heterocycles. The highest BCUT2D eigenvalue weighted by Gasteiger charge is 2.35. The number of nitrogens with two attached hydrogens (primary N) is 1. The third kappa shape index (κ3) is 4.46. The quantitative estimate of drug-likeness (QED) is 0.605. The summed E-state index contributed by atoms with van der Waals surface area (Å²) in [6.07, 6.45) is 0.139. The first-order chi connectivity index (χ1) is 15.6. The van der Waals surface area contributed by atoms with Gasteiger partial charge in [0, 0.05) is 6.42 Å². The molecule has 2 amide bonds. The van der Waals surface area contributed by atoms with E-state index in [1.165, 1.54) is 5.01 Å². The molecule has 162 valence electrons. The molecule has 7 heteroatoms. The van der Waals surface area contributed by atoms with Crippen molar-refractivity contribution in [2.24, 2.45) is 10.8 Å². The van der Waals surface area contributed by atoms with Crippen LogP contribution in [0.4, 0.5) is 5.69 Å². The normalized spacial score (nSPS) is 16.2. The van der Waals surface area contributed by atoms with Crippen LogP contribution in [0.1, 0.15) is 23.6 Å². The van der Waals surface area contributed by atoms with Crippen LogP contribution in [-0.4, -0.2) is 30.7 Å². The second-order valence-electron chi connectivity index (χ2n) is 7.44.